The molecule has 1 aliphatic carbocycles. The number of carbonyl (C=O) groups is 1. The summed E-state index contributed by atoms with van der Waals surface area (Å²) in [4.78, 5) is 11.7. The van der Waals surface area contributed by atoms with Crippen molar-refractivity contribution in [3.63, 3.8) is 0 Å². The Balaban J connectivity index is 1.74. The molecule has 5 heteroatoms. The van der Waals surface area contributed by atoms with Gasteiger partial charge in [0.1, 0.15) is 5.82 Å². The second-order valence-electron chi connectivity index (χ2n) is 4.81. The molecule has 0 unspecified atom stereocenters. The Kier molecular flexibility index (Phi) is 5.07. The summed E-state index contributed by atoms with van der Waals surface area (Å²) >= 11 is 1.88. The molecule has 3 N–H and O–H groups in total. The van der Waals surface area contributed by atoms with Crippen molar-refractivity contribution in [1.29, 1.82) is 0 Å². The van der Waals surface area contributed by atoms with E-state index in [1.165, 1.54) is 43.9 Å². The predicted molar refractivity (Wildman–Crippen MR) is 78.8 cm³/mol. The molecule has 0 aromatic heterocycles. The van der Waals surface area contributed by atoms with Crippen molar-refractivity contribution in [3.05, 3.63) is 24.0 Å². The van der Waals surface area contributed by atoms with Gasteiger partial charge < -0.3 is 11.1 Å². The number of carbonyl (C=O) groups excluding carboxylic acids is 1. The van der Waals surface area contributed by atoms with E-state index in [1.807, 2.05) is 11.8 Å². The summed E-state index contributed by atoms with van der Waals surface area (Å²) in [5.74, 6) is 0.369. The highest BCUT2D eigenvalue weighted by Crippen LogP contribution is 2.29. The van der Waals surface area contributed by atoms with Crippen LogP contribution in [-0.2, 0) is 4.79 Å². The molecule has 2 rings (SSSR count). The van der Waals surface area contributed by atoms with E-state index in [0.717, 1.165) is 11.0 Å². The topological polar surface area (TPSA) is 55.1 Å². The van der Waals surface area contributed by atoms with E-state index in [-0.39, 0.29) is 11.6 Å². The van der Waals surface area contributed by atoms with E-state index >= 15 is 0 Å². The van der Waals surface area contributed by atoms with Crippen molar-refractivity contribution in [2.75, 3.05) is 16.8 Å². The number of thioether (sulfide) groups is 1. The molecule has 1 aliphatic rings. The number of nitrogens with one attached hydrogen (secondary N) is 1. The van der Waals surface area contributed by atoms with Crippen LogP contribution in [0.1, 0.15) is 32.1 Å². The molecule has 1 aromatic carbocycles. The fraction of sp³-hybridized carbons (Fsp3) is 0.500. The van der Waals surface area contributed by atoms with Crippen LogP contribution >= 0.6 is 11.8 Å². The van der Waals surface area contributed by atoms with Crippen LogP contribution in [-0.4, -0.2) is 16.9 Å². The minimum atomic E-state index is -0.396. The lowest BCUT2D eigenvalue weighted by molar-refractivity contribution is -0.115. The van der Waals surface area contributed by atoms with E-state index in [9.17, 15) is 9.18 Å². The minimum Gasteiger partial charge on any atom is -0.397 e. The van der Waals surface area contributed by atoms with Crippen molar-refractivity contribution < 1.29 is 9.18 Å². The number of benzene rings is 1. The molecule has 1 saturated carbocycles. The third-order valence-electron chi connectivity index (χ3n) is 3.27. The van der Waals surface area contributed by atoms with Gasteiger partial charge >= 0.3 is 0 Å². The molecule has 0 spiro atoms. The monoisotopic (exact) mass is 282 g/mol. The van der Waals surface area contributed by atoms with E-state index < -0.39 is 5.82 Å². The molecule has 0 atom stereocenters. The largest absolute Gasteiger partial charge is 0.397 e. The summed E-state index contributed by atoms with van der Waals surface area (Å²) in [5.41, 5.74) is 6.38. The third kappa shape index (κ3) is 4.42. The van der Waals surface area contributed by atoms with Crippen LogP contribution in [0.3, 0.4) is 0 Å². The first kappa shape index (κ1) is 14.2. The molecule has 3 nitrogen and oxygen atoms in total. The SMILES string of the molecule is Nc1cc(F)ccc1NC(=O)CCSC1CCCC1. The van der Waals surface area contributed by atoms with Gasteiger partial charge in [0.05, 0.1) is 11.4 Å². The molecule has 1 aromatic rings. The first-order valence-electron chi connectivity index (χ1n) is 6.61. The Morgan fingerprint density at radius 2 is 2.16 bits per heavy atom. The van der Waals surface area contributed by atoms with Gasteiger partial charge in [-0.15, -0.1) is 0 Å². The first-order chi connectivity index (χ1) is 9.15. The van der Waals surface area contributed by atoms with Gasteiger partial charge in [0.2, 0.25) is 5.91 Å². The van der Waals surface area contributed by atoms with Gasteiger partial charge in [-0.1, -0.05) is 12.8 Å². The number of nitrogen functional groups attached to an aromatic ring is 1. The molecule has 0 bridgehead atoms. The molecule has 0 saturated heterocycles. The molecular formula is C14H19FN2OS. The highest BCUT2D eigenvalue weighted by atomic mass is 32.2. The van der Waals surface area contributed by atoms with Gasteiger partial charge in [-0.3, -0.25) is 4.79 Å². The number of hydrogen-bond acceptors (Lipinski definition) is 3. The first-order valence-corrected chi connectivity index (χ1v) is 7.66. The molecule has 1 fully saturated rings. The van der Waals surface area contributed by atoms with E-state index in [0.29, 0.717) is 12.1 Å². The number of hydrogen-bond donors (Lipinski definition) is 2. The van der Waals surface area contributed by atoms with Crippen LogP contribution in [0.25, 0.3) is 0 Å². The Morgan fingerprint density at radius 1 is 1.42 bits per heavy atom. The van der Waals surface area contributed by atoms with Crippen molar-refractivity contribution in [3.8, 4) is 0 Å². The molecule has 19 heavy (non-hydrogen) atoms. The van der Waals surface area contributed by atoms with Gasteiger partial charge in [0, 0.05) is 17.4 Å². The molecule has 1 amide bonds. The Labute approximate surface area is 117 Å². The normalized spacial score (nSPS) is 15.6. The van der Waals surface area contributed by atoms with Crippen molar-refractivity contribution in [2.24, 2.45) is 0 Å². The second-order valence-corrected chi connectivity index (χ2v) is 6.22. The summed E-state index contributed by atoms with van der Waals surface area (Å²) in [5, 5.41) is 3.44. The highest BCUT2D eigenvalue weighted by molar-refractivity contribution is 7.99. The number of nitrogens with two attached hydrogens (primary N) is 1. The summed E-state index contributed by atoms with van der Waals surface area (Å²) < 4.78 is 12.9. The Bertz CT molecular complexity index is 447. The Morgan fingerprint density at radius 3 is 2.84 bits per heavy atom. The highest BCUT2D eigenvalue weighted by Gasteiger charge is 2.15. The number of rotatable bonds is 5. The fourth-order valence-electron chi connectivity index (χ4n) is 2.23. The summed E-state index contributed by atoms with van der Waals surface area (Å²) in [7, 11) is 0. The van der Waals surface area contributed by atoms with Crippen molar-refractivity contribution in [2.45, 2.75) is 37.4 Å². The van der Waals surface area contributed by atoms with Gasteiger partial charge in [-0.2, -0.15) is 11.8 Å². The third-order valence-corrected chi connectivity index (χ3v) is 4.66. The smallest absolute Gasteiger partial charge is 0.225 e. The van der Waals surface area contributed by atoms with Crippen LogP contribution < -0.4 is 11.1 Å². The zero-order valence-electron chi connectivity index (χ0n) is 10.8. The second kappa shape index (κ2) is 6.80. The van der Waals surface area contributed by atoms with Gasteiger partial charge in [-0.05, 0) is 31.0 Å². The van der Waals surface area contributed by atoms with Crippen LogP contribution in [0.2, 0.25) is 0 Å². The maximum Gasteiger partial charge on any atom is 0.225 e. The molecule has 0 radical (unpaired) electrons. The predicted octanol–water partition coefficient (Wildman–Crippen LogP) is 3.41. The number of amides is 1. The van der Waals surface area contributed by atoms with E-state index in [2.05, 4.69) is 5.32 Å². The maximum atomic E-state index is 12.9. The summed E-state index contributed by atoms with van der Waals surface area (Å²) in [6.45, 7) is 0. The standard InChI is InChI=1S/C14H19FN2OS/c15-10-5-6-13(12(16)9-10)17-14(18)7-8-19-11-3-1-2-4-11/h5-6,9,11H,1-4,7-8,16H2,(H,17,18). The van der Waals surface area contributed by atoms with Crippen molar-refractivity contribution >= 4 is 29.0 Å². The minimum absolute atomic E-state index is 0.0659. The van der Waals surface area contributed by atoms with E-state index in [4.69, 9.17) is 5.73 Å². The zero-order chi connectivity index (χ0) is 13.7. The van der Waals surface area contributed by atoms with E-state index in [1.54, 1.807) is 0 Å². The van der Waals surface area contributed by atoms with Gasteiger partial charge in [0.15, 0.2) is 0 Å². The van der Waals surface area contributed by atoms with Crippen LogP contribution in [0.15, 0.2) is 18.2 Å². The van der Waals surface area contributed by atoms with Crippen molar-refractivity contribution in [1.82, 2.24) is 0 Å². The number of anilines is 2. The summed E-state index contributed by atoms with van der Waals surface area (Å²) in [6.07, 6.45) is 5.65. The average Bonchev–Trinajstić information content (AvgIpc) is 2.86. The average molecular weight is 282 g/mol. The molecule has 104 valence electrons. The quantitative estimate of drug-likeness (QED) is 0.814. The van der Waals surface area contributed by atoms with Crippen LogP contribution in [0.4, 0.5) is 15.8 Å². The maximum absolute atomic E-state index is 12.9. The lowest BCUT2D eigenvalue weighted by atomic mass is 10.2. The molecule has 0 heterocycles. The lowest BCUT2D eigenvalue weighted by Gasteiger charge is -2.10. The summed E-state index contributed by atoms with van der Waals surface area (Å²) in [6, 6.07) is 3.99. The molecular weight excluding hydrogens is 263 g/mol. The van der Waals surface area contributed by atoms with Gasteiger partial charge in [0.25, 0.3) is 0 Å². The van der Waals surface area contributed by atoms with Gasteiger partial charge in [-0.25, -0.2) is 4.39 Å². The molecule has 0 aliphatic heterocycles. The van der Waals surface area contributed by atoms with Crippen LogP contribution in [0.5, 0.6) is 0 Å². The zero-order valence-corrected chi connectivity index (χ0v) is 11.6. The van der Waals surface area contributed by atoms with Crippen LogP contribution in [0, 0.1) is 5.82 Å². The lowest BCUT2D eigenvalue weighted by Crippen LogP contribution is -2.14. The number of halogens is 1. The Hall–Kier alpha value is -1.23. The fourth-order valence-corrected chi connectivity index (χ4v) is 3.54.